The van der Waals surface area contributed by atoms with Crippen LogP contribution in [0.5, 0.6) is 5.75 Å². The van der Waals surface area contributed by atoms with Crippen LogP contribution < -0.4 is 9.64 Å². The number of hydrogen-bond acceptors (Lipinski definition) is 5. The second kappa shape index (κ2) is 10.2. The number of carbonyl (C=O) groups excluding carboxylic acids is 1. The summed E-state index contributed by atoms with van der Waals surface area (Å²) < 4.78 is 7.45. The first kappa shape index (κ1) is 24.0. The summed E-state index contributed by atoms with van der Waals surface area (Å²) in [5.41, 5.74) is 4.62. The van der Waals surface area contributed by atoms with Gasteiger partial charge in [-0.1, -0.05) is 41.9 Å². The molecule has 38 heavy (non-hydrogen) atoms. The minimum absolute atomic E-state index is 0.0183. The number of piperazine rings is 1. The molecule has 8 heteroatoms. The van der Waals surface area contributed by atoms with Gasteiger partial charge < -0.3 is 19.1 Å². The number of nitrogens with zero attached hydrogens (tertiary/aromatic N) is 5. The van der Waals surface area contributed by atoms with Crippen molar-refractivity contribution in [2.75, 3.05) is 38.2 Å². The molecular weight excluding hydrogens is 498 g/mol. The number of rotatable bonds is 5. The lowest BCUT2D eigenvalue weighted by Gasteiger charge is -2.35. The number of ether oxygens (including phenoxy) is 1. The molecule has 0 aliphatic carbocycles. The fraction of sp³-hybridized carbons (Fsp3) is 0.167. The maximum atomic E-state index is 13.0. The Morgan fingerprint density at radius 3 is 2.26 bits per heavy atom. The molecule has 3 heterocycles. The number of aromatic nitrogens is 3. The van der Waals surface area contributed by atoms with Crippen molar-refractivity contribution in [2.45, 2.75) is 0 Å². The lowest BCUT2D eigenvalue weighted by Crippen LogP contribution is -2.49. The van der Waals surface area contributed by atoms with E-state index in [0.717, 1.165) is 39.4 Å². The lowest BCUT2D eigenvalue weighted by atomic mass is 10.1. The number of methoxy groups -OCH3 is 1. The third kappa shape index (κ3) is 4.46. The molecule has 0 unspecified atom stereocenters. The summed E-state index contributed by atoms with van der Waals surface area (Å²) in [5.74, 6) is 1.69. The molecule has 0 saturated carbocycles. The summed E-state index contributed by atoms with van der Waals surface area (Å²) in [6.07, 6.45) is 3.75. The van der Waals surface area contributed by atoms with Crippen molar-refractivity contribution in [1.29, 1.82) is 0 Å². The first-order chi connectivity index (χ1) is 18.6. The van der Waals surface area contributed by atoms with Gasteiger partial charge >= 0.3 is 0 Å². The highest BCUT2D eigenvalue weighted by atomic mass is 35.5. The van der Waals surface area contributed by atoms with E-state index in [1.807, 2.05) is 47.4 Å². The van der Waals surface area contributed by atoms with Gasteiger partial charge in [-0.3, -0.25) is 4.79 Å². The maximum Gasteiger partial charge on any atom is 0.253 e. The van der Waals surface area contributed by atoms with Gasteiger partial charge in [0.15, 0.2) is 5.65 Å². The highest BCUT2D eigenvalue weighted by Gasteiger charge is 2.26. The van der Waals surface area contributed by atoms with Crippen molar-refractivity contribution in [3.63, 3.8) is 0 Å². The highest BCUT2D eigenvalue weighted by Crippen LogP contribution is 2.37. The highest BCUT2D eigenvalue weighted by molar-refractivity contribution is 6.30. The predicted octanol–water partition coefficient (Wildman–Crippen LogP) is 5.71. The summed E-state index contributed by atoms with van der Waals surface area (Å²) >= 11 is 6.00. The Morgan fingerprint density at radius 1 is 0.868 bits per heavy atom. The third-order valence-corrected chi connectivity index (χ3v) is 7.21. The van der Waals surface area contributed by atoms with Gasteiger partial charge in [-0.05, 0) is 54.1 Å². The summed E-state index contributed by atoms with van der Waals surface area (Å²) in [4.78, 5) is 26.6. The van der Waals surface area contributed by atoms with Crippen molar-refractivity contribution in [3.05, 3.63) is 102 Å². The minimum Gasteiger partial charge on any atom is -0.497 e. The van der Waals surface area contributed by atoms with Crippen LogP contribution in [-0.2, 0) is 0 Å². The van der Waals surface area contributed by atoms with Crippen molar-refractivity contribution >= 4 is 34.4 Å². The molecular formula is C30H26ClN5O2. The van der Waals surface area contributed by atoms with Crippen LogP contribution in [0.2, 0.25) is 5.02 Å². The Labute approximate surface area is 225 Å². The maximum absolute atomic E-state index is 13.0. The van der Waals surface area contributed by atoms with Gasteiger partial charge in [0.1, 0.15) is 17.9 Å². The van der Waals surface area contributed by atoms with Gasteiger partial charge in [0.25, 0.3) is 5.91 Å². The summed E-state index contributed by atoms with van der Waals surface area (Å²) in [6.45, 7) is 2.56. The van der Waals surface area contributed by atoms with E-state index >= 15 is 0 Å². The van der Waals surface area contributed by atoms with Crippen molar-refractivity contribution in [3.8, 4) is 22.6 Å². The number of carbonyl (C=O) groups is 1. The molecule has 3 aromatic carbocycles. The lowest BCUT2D eigenvalue weighted by molar-refractivity contribution is 0.0746. The second-order valence-corrected chi connectivity index (χ2v) is 9.60. The number of halogens is 1. The van der Waals surface area contributed by atoms with Crippen LogP contribution >= 0.6 is 11.6 Å². The largest absolute Gasteiger partial charge is 0.497 e. The Hall–Kier alpha value is -4.36. The van der Waals surface area contributed by atoms with Crippen LogP contribution in [0.4, 0.5) is 5.82 Å². The SMILES string of the molecule is COc1ccc(-n2cc(-c3ccccc3)c3c(N4CCN(C(=O)c5ccc(Cl)cc5)CC4)ncnc32)cc1. The third-order valence-electron chi connectivity index (χ3n) is 6.96. The minimum atomic E-state index is 0.0183. The van der Waals surface area contributed by atoms with Gasteiger partial charge in [-0.25, -0.2) is 9.97 Å². The molecule has 0 atom stereocenters. The number of fused-ring (bicyclic) bond motifs is 1. The first-order valence-corrected chi connectivity index (χ1v) is 12.9. The van der Waals surface area contributed by atoms with Crippen molar-refractivity contribution in [2.24, 2.45) is 0 Å². The monoisotopic (exact) mass is 523 g/mol. The van der Waals surface area contributed by atoms with Crippen LogP contribution in [0.15, 0.2) is 91.4 Å². The fourth-order valence-corrected chi connectivity index (χ4v) is 5.08. The van der Waals surface area contributed by atoms with E-state index in [2.05, 4.69) is 27.8 Å². The zero-order chi connectivity index (χ0) is 26.1. The molecule has 6 rings (SSSR count). The molecule has 0 bridgehead atoms. The zero-order valence-electron chi connectivity index (χ0n) is 20.9. The first-order valence-electron chi connectivity index (χ1n) is 12.5. The second-order valence-electron chi connectivity index (χ2n) is 9.16. The molecule has 0 radical (unpaired) electrons. The molecule has 5 aromatic rings. The van der Waals surface area contributed by atoms with E-state index in [9.17, 15) is 4.79 Å². The molecule has 190 valence electrons. The van der Waals surface area contributed by atoms with Crippen molar-refractivity contribution < 1.29 is 9.53 Å². The smallest absolute Gasteiger partial charge is 0.253 e. The zero-order valence-corrected chi connectivity index (χ0v) is 21.7. The van der Waals surface area contributed by atoms with Crippen molar-refractivity contribution in [1.82, 2.24) is 19.4 Å². The molecule has 1 saturated heterocycles. The summed E-state index contributed by atoms with van der Waals surface area (Å²) in [5, 5.41) is 1.61. The van der Waals surface area contributed by atoms with Crippen LogP contribution in [0.1, 0.15) is 10.4 Å². The van der Waals surface area contributed by atoms with Gasteiger partial charge in [0.05, 0.1) is 12.5 Å². The van der Waals surface area contributed by atoms with E-state index in [1.54, 1.807) is 37.7 Å². The van der Waals surface area contributed by atoms with Gasteiger partial charge in [-0.15, -0.1) is 0 Å². The fourth-order valence-electron chi connectivity index (χ4n) is 4.96. The topological polar surface area (TPSA) is 63.5 Å². The number of hydrogen-bond donors (Lipinski definition) is 0. The molecule has 0 N–H and O–H groups in total. The predicted molar refractivity (Wildman–Crippen MR) is 150 cm³/mol. The van der Waals surface area contributed by atoms with Gasteiger partial charge in [-0.2, -0.15) is 0 Å². The van der Waals surface area contributed by atoms with E-state index in [-0.39, 0.29) is 5.91 Å². The molecule has 1 fully saturated rings. The number of amides is 1. The molecule has 0 spiro atoms. The molecule has 2 aromatic heterocycles. The Balaban J connectivity index is 1.36. The summed E-state index contributed by atoms with van der Waals surface area (Å²) in [6, 6.07) is 25.3. The standard InChI is InChI=1S/C30H26ClN5O2/c1-38-25-13-11-24(12-14-25)36-19-26(21-5-3-2-4-6-21)27-28(32-20-33-29(27)36)34-15-17-35(18-16-34)30(37)22-7-9-23(31)10-8-22/h2-14,19-20H,15-18H2,1H3. The Kier molecular flexibility index (Phi) is 6.43. The molecule has 1 amide bonds. The van der Waals surface area contributed by atoms with E-state index in [0.29, 0.717) is 36.8 Å². The van der Waals surface area contributed by atoms with Crippen LogP contribution in [-0.4, -0.2) is 58.6 Å². The van der Waals surface area contributed by atoms with Gasteiger partial charge in [0.2, 0.25) is 0 Å². The average Bonchev–Trinajstić information content (AvgIpc) is 3.38. The number of benzene rings is 3. The van der Waals surface area contributed by atoms with Crippen LogP contribution in [0, 0.1) is 0 Å². The summed E-state index contributed by atoms with van der Waals surface area (Å²) in [7, 11) is 1.66. The van der Waals surface area contributed by atoms with E-state index in [4.69, 9.17) is 26.3 Å². The molecule has 1 aliphatic rings. The molecule has 1 aliphatic heterocycles. The Morgan fingerprint density at radius 2 is 1.58 bits per heavy atom. The Bertz CT molecular complexity index is 1580. The van der Waals surface area contributed by atoms with Crippen LogP contribution in [0.25, 0.3) is 27.8 Å². The normalized spacial score (nSPS) is 13.6. The number of anilines is 1. The van der Waals surface area contributed by atoms with Gasteiger partial charge in [0, 0.05) is 54.2 Å². The quantitative estimate of drug-likeness (QED) is 0.295. The molecule has 7 nitrogen and oxygen atoms in total. The van der Waals surface area contributed by atoms with E-state index < -0.39 is 0 Å². The van der Waals surface area contributed by atoms with Crippen LogP contribution in [0.3, 0.4) is 0 Å². The van der Waals surface area contributed by atoms with E-state index in [1.165, 1.54) is 0 Å². The average molecular weight is 524 g/mol.